The molecule has 1 aromatic rings. The Labute approximate surface area is 121 Å². The number of carbonyl (C=O) groups is 1. The van der Waals surface area contributed by atoms with E-state index in [0.717, 1.165) is 25.9 Å². The molecule has 3 nitrogen and oxygen atoms in total. The third kappa shape index (κ3) is 4.34. The van der Waals surface area contributed by atoms with E-state index in [-0.39, 0.29) is 17.9 Å². The van der Waals surface area contributed by atoms with Crippen molar-refractivity contribution in [1.82, 2.24) is 0 Å². The van der Waals surface area contributed by atoms with E-state index in [2.05, 4.69) is 26.0 Å². The van der Waals surface area contributed by atoms with Gasteiger partial charge in [-0.3, -0.25) is 0 Å². The topological polar surface area (TPSA) is 49.4 Å². The molecule has 0 aliphatic carbocycles. The van der Waals surface area contributed by atoms with Crippen molar-refractivity contribution in [2.75, 3.05) is 6.61 Å². The van der Waals surface area contributed by atoms with Gasteiger partial charge >= 0.3 is 0 Å². The van der Waals surface area contributed by atoms with Gasteiger partial charge in [-0.15, -0.1) is 0 Å². The third-order valence-corrected chi connectivity index (χ3v) is 4.17. The van der Waals surface area contributed by atoms with Crippen LogP contribution in [0.1, 0.15) is 38.7 Å². The predicted octanol–water partition coefficient (Wildman–Crippen LogP) is 2.19. The summed E-state index contributed by atoms with van der Waals surface area (Å²) in [6, 6.07) is 10.1. The molecule has 1 aromatic carbocycles. The summed E-state index contributed by atoms with van der Waals surface area (Å²) in [6.45, 7) is 4.88. The zero-order chi connectivity index (χ0) is 14.6. The summed E-state index contributed by atoms with van der Waals surface area (Å²) in [5.74, 6) is -0.433. The second-order valence-electron chi connectivity index (χ2n) is 6.39. The van der Waals surface area contributed by atoms with Gasteiger partial charge in [0.2, 0.25) is 0 Å². The Morgan fingerprint density at radius 3 is 2.70 bits per heavy atom. The van der Waals surface area contributed by atoms with Gasteiger partial charge in [0.25, 0.3) is 0 Å². The minimum Gasteiger partial charge on any atom is -0.550 e. The molecule has 20 heavy (non-hydrogen) atoms. The van der Waals surface area contributed by atoms with Gasteiger partial charge in [0, 0.05) is 12.6 Å². The molecule has 110 valence electrons. The summed E-state index contributed by atoms with van der Waals surface area (Å²) in [7, 11) is 0. The summed E-state index contributed by atoms with van der Waals surface area (Å²) < 4.78 is 5.74. The first kappa shape index (κ1) is 15.0. The zero-order valence-electron chi connectivity index (χ0n) is 12.3. The molecule has 0 bridgehead atoms. The molecule has 0 radical (unpaired) electrons. The van der Waals surface area contributed by atoms with Crippen LogP contribution in [0.25, 0.3) is 0 Å². The molecule has 1 saturated heterocycles. The lowest BCUT2D eigenvalue weighted by molar-refractivity contribution is -0.307. The highest BCUT2D eigenvalue weighted by molar-refractivity contribution is 5.64. The van der Waals surface area contributed by atoms with Crippen LogP contribution in [0, 0.1) is 11.8 Å². The van der Waals surface area contributed by atoms with Gasteiger partial charge in [-0.05, 0) is 56.9 Å². The van der Waals surface area contributed by atoms with Gasteiger partial charge in [-0.2, -0.15) is 0 Å². The first-order chi connectivity index (χ1) is 9.46. The molecular formula is C17H23O3-. The maximum atomic E-state index is 11.1. The van der Waals surface area contributed by atoms with E-state index in [9.17, 15) is 9.90 Å². The largest absolute Gasteiger partial charge is 0.550 e. The fourth-order valence-corrected chi connectivity index (χ4v) is 3.22. The van der Waals surface area contributed by atoms with Gasteiger partial charge in [-0.1, -0.05) is 30.3 Å². The first-order valence-corrected chi connectivity index (χ1v) is 7.34. The molecule has 1 fully saturated rings. The van der Waals surface area contributed by atoms with Crippen molar-refractivity contribution in [1.29, 1.82) is 0 Å². The van der Waals surface area contributed by atoms with E-state index in [1.165, 1.54) is 5.56 Å². The summed E-state index contributed by atoms with van der Waals surface area (Å²) in [6.07, 6.45) is 2.79. The van der Waals surface area contributed by atoms with E-state index >= 15 is 0 Å². The van der Waals surface area contributed by atoms with Crippen LogP contribution in [0.2, 0.25) is 0 Å². The van der Waals surface area contributed by atoms with Crippen LogP contribution >= 0.6 is 0 Å². The molecule has 0 amide bonds. The Balaban J connectivity index is 2.08. The van der Waals surface area contributed by atoms with Crippen molar-refractivity contribution in [2.24, 2.45) is 11.8 Å². The normalized spacial score (nSPS) is 23.2. The highest BCUT2D eigenvalue weighted by Crippen LogP contribution is 2.36. The van der Waals surface area contributed by atoms with E-state index in [1.807, 2.05) is 18.2 Å². The van der Waals surface area contributed by atoms with Crippen LogP contribution in [-0.2, 0) is 16.0 Å². The number of rotatable bonds is 5. The minimum absolute atomic E-state index is 0.130. The second-order valence-corrected chi connectivity index (χ2v) is 6.39. The van der Waals surface area contributed by atoms with Gasteiger partial charge in [0.05, 0.1) is 5.60 Å². The quantitative estimate of drug-likeness (QED) is 0.827. The van der Waals surface area contributed by atoms with Crippen LogP contribution in [0.15, 0.2) is 30.3 Å². The third-order valence-electron chi connectivity index (χ3n) is 4.17. The summed E-state index contributed by atoms with van der Waals surface area (Å²) in [4.78, 5) is 11.1. The van der Waals surface area contributed by atoms with Crippen molar-refractivity contribution in [2.45, 2.75) is 45.1 Å². The molecule has 2 rings (SSSR count). The zero-order valence-corrected chi connectivity index (χ0v) is 12.3. The maximum absolute atomic E-state index is 11.1. The minimum atomic E-state index is -0.949. The van der Waals surface area contributed by atoms with Crippen LogP contribution in [0.3, 0.4) is 0 Å². The lowest BCUT2D eigenvalue weighted by Gasteiger charge is -2.39. The molecule has 2 atom stereocenters. The molecule has 0 saturated carbocycles. The molecular weight excluding hydrogens is 252 g/mol. The number of carboxylic acids is 1. The number of hydrogen-bond donors (Lipinski definition) is 0. The Bertz CT molecular complexity index is 439. The number of hydrogen-bond acceptors (Lipinski definition) is 3. The smallest absolute Gasteiger partial charge is 0.0629 e. The molecule has 0 N–H and O–H groups in total. The lowest BCUT2D eigenvalue weighted by atomic mass is 9.76. The Morgan fingerprint density at radius 2 is 2.10 bits per heavy atom. The number of carbonyl (C=O) groups excluding carboxylic acids is 1. The summed E-state index contributed by atoms with van der Waals surface area (Å²) in [5, 5.41) is 11.1. The first-order valence-electron chi connectivity index (χ1n) is 7.34. The van der Waals surface area contributed by atoms with E-state index in [1.54, 1.807) is 0 Å². The van der Waals surface area contributed by atoms with Gasteiger partial charge in [0.15, 0.2) is 0 Å². The molecule has 0 unspecified atom stereocenters. The maximum Gasteiger partial charge on any atom is 0.0629 e. The van der Waals surface area contributed by atoms with Crippen molar-refractivity contribution in [3.8, 4) is 0 Å². The van der Waals surface area contributed by atoms with Crippen LogP contribution in [-0.4, -0.2) is 18.2 Å². The van der Waals surface area contributed by atoms with E-state index in [4.69, 9.17) is 4.74 Å². The molecule has 1 heterocycles. The van der Waals surface area contributed by atoms with E-state index in [0.29, 0.717) is 5.92 Å². The SMILES string of the molecule is CC1(C)C[C@@H]([C@@H](CC(=O)[O-])Cc2ccccc2)CCO1. The summed E-state index contributed by atoms with van der Waals surface area (Å²) >= 11 is 0. The average molecular weight is 275 g/mol. The Hall–Kier alpha value is -1.35. The lowest BCUT2D eigenvalue weighted by Crippen LogP contribution is -2.39. The highest BCUT2D eigenvalue weighted by atomic mass is 16.5. The highest BCUT2D eigenvalue weighted by Gasteiger charge is 2.33. The number of benzene rings is 1. The van der Waals surface area contributed by atoms with Gasteiger partial charge in [-0.25, -0.2) is 0 Å². The number of carboxylic acid groups (broad SMARTS) is 1. The molecule has 1 aliphatic rings. The fourth-order valence-electron chi connectivity index (χ4n) is 3.22. The number of ether oxygens (including phenoxy) is 1. The van der Waals surface area contributed by atoms with Crippen molar-refractivity contribution in [3.05, 3.63) is 35.9 Å². The van der Waals surface area contributed by atoms with Crippen LogP contribution in [0.4, 0.5) is 0 Å². The molecule has 0 spiro atoms. The van der Waals surface area contributed by atoms with Gasteiger partial charge in [0.1, 0.15) is 0 Å². The standard InChI is InChI=1S/C17H24O3/c1-17(2)12-14(8-9-20-17)15(11-16(18)19)10-13-6-4-3-5-7-13/h3-7,14-15H,8-12H2,1-2H3,(H,18,19)/p-1/t14-,15+/m0/s1. The molecule has 1 aliphatic heterocycles. The Kier molecular flexibility index (Phi) is 4.81. The fraction of sp³-hybridized carbons (Fsp3) is 0.588. The van der Waals surface area contributed by atoms with E-state index < -0.39 is 5.97 Å². The van der Waals surface area contributed by atoms with Gasteiger partial charge < -0.3 is 14.6 Å². The summed E-state index contributed by atoms with van der Waals surface area (Å²) in [5.41, 5.74) is 1.05. The van der Waals surface area contributed by atoms with Crippen molar-refractivity contribution < 1.29 is 14.6 Å². The monoisotopic (exact) mass is 275 g/mol. The average Bonchev–Trinajstić information content (AvgIpc) is 2.37. The van der Waals surface area contributed by atoms with Crippen molar-refractivity contribution in [3.63, 3.8) is 0 Å². The molecule has 3 heteroatoms. The van der Waals surface area contributed by atoms with Crippen LogP contribution in [0.5, 0.6) is 0 Å². The molecule has 0 aromatic heterocycles. The van der Waals surface area contributed by atoms with Crippen LogP contribution < -0.4 is 5.11 Å². The second kappa shape index (κ2) is 6.40. The number of aliphatic carboxylic acids is 1. The predicted molar refractivity (Wildman–Crippen MR) is 76.0 cm³/mol. The van der Waals surface area contributed by atoms with Crippen molar-refractivity contribution >= 4 is 5.97 Å². The Morgan fingerprint density at radius 1 is 1.40 bits per heavy atom.